The second-order valence-corrected chi connectivity index (χ2v) is 5.55. The Morgan fingerprint density at radius 2 is 1.64 bits per heavy atom. The summed E-state index contributed by atoms with van der Waals surface area (Å²) in [6.07, 6.45) is 0. The molecule has 0 atom stereocenters. The zero-order valence-electron chi connectivity index (χ0n) is 16.0. The van der Waals surface area contributed by atoms with Gasteiger partial charge in [0.25, 0.3) is 5.91 Å². The molecule has 8 nitrogen and oxygen atoms in total. The Kier molecular flexibility index (Phi) is 8.11. The molecule has 0 spiro atoms. The molecule has 0 bridgehead atoms. The Hall–Kier alpha value is -3.26. The van der Waals surface area contributed by atoms with E-state index in [9.17, 15) is 9.59 Å². The van der Waals surface area contributed by atoms with Gasteiger partial charge < -0.3 is 29.0 Å². The number of esters is 1. The number of anilines is 1. The Labute approximate surface area is 163 Å². The summed E-state index contributed by atoms with van der Waals surface area (Å²) in [6.45, 7) is 0.654. The van der Waals surface area contributed by atoms with Crippen LogP contribution in [0.25, 0.3) is 0 Å². The van der Waals surface area contributed by atoms with Crippen LogP contribution in [0, 0.1) is 0 Å². The lowest BCUT2D eigenvalue weighted by Gasteiger charge is -2.12. The Balaban J connectivity index is 2.03. The van der Waals surface area contributed by atoms with Gasteiger partial charge in [0.1, 0.15) is 12.4 Å². The summed E-state index contributed by atoms with van der Waals surface area (Å²) in [4.78, 5) is 23.8. The van der Waals surface area contributed by atoms with Gasteiger partial charge in [-0.2, -0.15) is 0 Å². The highest BCUT2D eigenvalue weighted by Crippen LogP contribution is 2.28. The molecule has 0 aliphatic carbocycles. The minimum Gasteiger partial charge on any atom is -0.493 e. The second-order valence-electron chi connectivity index (χ2n) is 5.55. The minimum atomic E-state index is -0.537. The number of carbonyl (C=O) groups is 2. The molecule has 8 heteroatoms. The van der Waals surface area contributed by atoms with Crippen molar-refractivity contribution in [2.45, 2.75) is 0 Å². The van der Waals surface area contributed by atoms with Crippen molar-refractivity contribution in [2.75, 3.05) is 46.5 Å². The molecule has 2 aromatic carbocycles. The van der Waals surface area contributed by atoms with Crippen LogP contribution < -0.4 is 19.5 Å². The van der Waals surface area contributed by atoms with Gasteiger partial charge in [0.2, 0.25) is 0 Å². The fraction of sp³-hybridized carbons (Fsp3) is 0.300. The predicted octanol–water partition coefficient (Wildman–Crippen LogP) is 2.52. The third-order valence-electron chi connectivity index (χ3n) is 3.67. The molecule has 0 aliphatic rings. The van der Waals surface area contributed by atoms with Crippen LogP contribution in [0.3, 0.4) is 0 Å². The average Bonchev–Trinajstić information content (AvgIpc) is 2.73. The van der Waals surface area contributed by atoms with Crippen LogP contribution >= 0.6 is 0 Å². The molecule has 0 radical (unpaired) electrons. The highest BCUT2D eigenvalue weighted by atomic mass is 16.6. The molecule has 0 heterocycles. The molecular weight excluding hydrogens is 366 g/mol. The van der Waals surface area contributed by atoms with Gasteiger partial charge in [-0.1, -0.05) is 0 Å². The molecule has 0 saturated heterocycles. The van der Waals surface area contributed by atoms with Crippen LogP contribution in [0.4, 0.5) is 5.69 Å². The third kappa shape index (κ3) is 6.17. The van der Waals surface area contributed by atoms with Crippen LogP contribution in [0.15, 0.2) is 42.5 Å². The maximum atomic E-state index is 12.5. The van der Waals surface area contributed by atoms with E-state index in [4.69, 9.17) is 18.9 Å². The normalized spacial score (nSPS) is 10.1. The number of amides is 1. The lowest BCUT2D eigenvalue weighted by molar-refractivity contribution is -0.142. The Bertz CT molecular complexity index is 790. The molecule has 2 aromatic rings. The van der Waals surface area contributed by atoms with E-state index in [0.29, 0.717) is 36.0 Å². The smallest absolute Gasteiger partial charge is 0.343 e. The fourth-order valence-electron chi connectivity index (χ4n) is 2.21. The van der Waals surface area contributed by atoms with E-state index < -0.39 is 5.97 Å². The third-order valence-corrected chi connectivity index (χ3v) is 3.67. The van der Waals surface area contributed by atoms with Gasteiger partial charge in [-0.05, 0) is 42.5 Å². The van der Waals surface area contributed by atoms with Gasteiger partial charge >= 0.3 is 5.97 Å². The largest absolute Gasteiger partial charge is 0.493 e. The van der Waals surface area contributed by atoms with E-state index in [0.717, 1.165) is 0 Å². The monoisotopic (exact) mass is 389 g/mol. The summed E-state index contributed by atoms with van der Waals surface area (Å²) in [7, 11) is 4.34. The molecule has 0 saturated carbocycles. The molecule has 150 valence electrons. The first-order chi connectivity index (χ1) is 13.6. The summed E-state index contributed by atoms with van der Waals surface area (Å²) < 4.78 is 25.5. The molecule has 0 fully saturated rings. The SMILES string of the molecule is COCCOc1ccc(NC(=O)c2ccc(OC)c(OCC(=O)OC)c2)cc1. The fourth-order valence-corrected chi connectivity index (χ4v) is 2.21. The molecule has 2 rings (SSSR count). The van der Waals surface area contributed by atoms with E-state index in [1.165, 1.54) is 20.3 Å². The molecule has 1 amide bonds. The maximum absolute atomic E-state index is 12.5. The lowest BCUT2D eigenvalue weighted by Crippen LogP contribution is -2.15. The lowest BCUT2D eigenvalue weighted by atomic mass is 10.2. The van der Waals surface area contributed by atoms with Gasteiger partial charge in [-0.15, -0.1) is 0 Å². The number of carbonyl (C=O) groups excluding carboxylic acids is 2. The standard InChI is InChI=1S/C20H23NO7/c1-24-10-11-27-16-7-5-15(6-8-16)21-20(23)14-4-9-17(25-2)18(12-14)28-13-19(22)26-3/h4-9,12H,10-11,13H2,1-3H3,(H,21,23). The number of nitrogens with one attached hydrogen (secondary N) is 1. The summed E-state index contributed by atoms with van der Waals surface area (Å²) in [5.41, 5.74) is 0.957. The van der Waals surface area contributed by atoms with Crippen molar-refractivity contribution in [2.24, 2.45) is 0 Å². The highest BCUT2D eigenvalue weighted by molar-refractivity contribution is 6.04. The quantitative estimate of drug-likeness (QED) is 0.493. The molecule has 0 aromatic heterocycles. The van der Waals surface area contributed by atoms with Crippen molar-refractivity contribution in [3.63, 3.8) is 0 Å². The van der Waals surface area contributed by atoms with E-state index in [1.807, 2.05) is 0 Å². The van der Waals surface area contributed by atoms with Crippen molar-refractivity contribution in [1.82, 2.24) is 0 Å². The summed E-state index contributed by atoms with van der Waals surface area (Å²) >= 11 is 0. The predicted molar refractivity (Wildman–Crippen MR) is 102 cm³/mol. The number of rotatable bonds is 10. The van der Waals surface area contributed by atoms with Crippen LogP contribution in [0.2, 0.25) is 0 Å². The summed E-state index contributed by atoms with van der Waals surface area (Å²) in [5.74, 6) is 0.474. The second kappa shape index (κ2) is 10.8. The summed E-state index contributed by atoms with van der Waals surface area (Å²) in [5, 5.41) is 2.79. The Morgan fingerprint density at radius 3 is 2.29 bits per heavy atom. The van der Waals surface area contributed by atoms with Crippen molar-refractivity contribution in [3.05, 3.63) is 48.0 Å². The van der Waals surface area contributed by atoms with E-state index in [-0.39, 0.29) is 18.3 Å². The van der Waals surface area contributed by atoms with Crippen molar-refractivity contribution in [1.29, 1.82) is 0 Å². The zero-order valence-corrected chi connectivity index (χ0v) is 16.0. The first-order valence-electron chi connectivity index (χ1n) is 8.48. The van der Waals surface area contributed by atoms with Gasteiger partial charge in [-0.3, -0.25) is 4.79 Å². The molecule has 0 aliphatic heterocycles. The zero-order chi connectivity index (χ0) is 20.4. The minimum absolute atomic E-state index is 0.266. The van der Waals surface area contributed by atoms with Crippen LogP contribution in [-0.4, -0.2) is 53.0 Å². The number of ether oxygens (including phenoxy) is 5. The summed E-state index contributed by atoms with van der Waals surface area (Å²) in [6, 6.07) is 11.7. The molecule has 28 heavy (non-hydrogen) atoms. The Morgan fingerprint density at radius 1 is 0.893 bits per heavy atom. The van der Waals surface area contributed by atoms with E-state index in [1.54, 1.807) is 43.5 Å². The number of methoxy groups -OCH3 is 3. The highest BCUT2D eigenvalue weighted by Gasteiger charge is 2.13. The molecular formula is C20H23NO7. The van der Waals surface area contributed by atoms with Gasteiger partial charge in [0, 0.05) is 18.4 Å². The topological polar surface area (TPSA) is 92.3 Å². The maximum Gasteiger partial charge on any atom is 0.343 e. The first kappa shape index (κ1) is 21.0. The average molecular weight is 389 g/mol. The number of hydrogen-bond acceptors (Lipinski definition) is 7. The van der Waals surface area contributed by atoms with Crippen molar-refractivity contribution in [3.8, 4) is 17.2 Å². The molecule has 1 N–H and O–H groups in total. The van der Waals surface area contributed by atoms with Crippen LogP contribution in [0.5, 0.6) is 17.2 Å². The van der Waals surface area contributed by atoms with Crippen molar-refractivity contribution >= 4 is 17.6 Å². The van der Waals surface area contributed by atoms with E-state index >= 15 is 0 Å². The van der Waals surface area contributed by atoms with Gasteiger partial charge in [0.05, 0.1) is 20.8 Å². The van der Waals surface area contributed by atoms with Gasteiger partial charge in [-0.25, -0.2) is 4.79 Å². The van der Waals surface area contributed by atoms with Crippen molar-refractivity contribution < 1.29 is 33.3 Å². The van der Waals surface area contributed by atoms with E-state index in [2.05, 4.69) is 10.1 Å². The van der Waals surface area contributed by atoms with Gasteiger partial charge in [0.15, 0.2) is 18.1 Å². The van der Waals surface area contributed by atoms with Crippen LogP contribution in [0.1, 0.15) is 10.4 Å². The molecule has 0 unspecified atom stereocenters. The van der Waals surface area contributed by atoms with Crippen LogP contribution in [-0.2, 0) is 14.3 Å². The first-order valence-corrected chi connectivity index (χ1v) is 8.48. The number of hydrogen-bond donors (Lipinski definition) is 1. The number of benzene rings is 2.